The summed E-state index contributed by atoms with van der Waals surface area (Å²) in [4.78, 5) is 5.21. The van der Waals surface area contributed by atoms with E-state index in [0.717, 1.165) is 30.6 Å². The zero-order valence-electron chi connectivity index (χ0n) is 12.9. The van der Waals surface area contributed by atoms with Gasteiger partial charge in [-0.3, -0.25) is 4.90 Å². The predicted molar refractivity (Wildman–Crippen MR) is 90.2 cm³/mol. The Bertz CT molecular complexity index is 489. The average Bonchev–Trinajstić information content (AvgIpc) is 2.46. The van der Waals surface area contributed by atoms with Gasteiger partial charge in [-0.05, 0) is 56.5 Å². The van der Waals surface area contributed by atoms with Gasteiger partial charge >= 0.3 is 0 Å². The molecule has 0 aliphatic carbocycles. The maximum absolute atomic E-state index is 6.18. The fourth-order valence-corrected chi connectivity index (χ4v) is 3.94. The van der Waals surface area contributed by atoms with Gasteiger partial charge in [-0.2, -0.15) is 0 Å². The summed E-state index contributed by atoms with van der Waals surface area (Å²) in [7, 11) is 0. The molecule has 116 valence electrons. The number of nitrogens with two attached hydrogens (primary N) is 1. The average molecular weight is 308 g/mol. The number of fused-ring (bicyclic) bond motifs is 1. The van der Waals surface area contributed by atoms with E-state index < -0.39 is 0 Å². The number of nitrogens with zero attached hydrogens (tertiary/aromatic N) is 2. The fraction of sp³-hybridized carbons (Fsp3) is 0.647. The Kier molecular flexibility index (Phi) is 4.72. The van der Waals surface area contributed by atoms with E-state index in [9.17, 15) is 0 Å². The second-order valence-corrected chi connectivity index (χ2v) is 7.02. The van der Waals surface area contributed by atoms with Crippen molar-refractivity contribution in [3.63, 3.8) is 0 Å². The van der Waals surface area contributed by atoms with Gasteiger partial charge in [0.1, 0.15) is 0 Å². The SMILES string of the molecule is CC(N)Cc1cc(Cl)ccc1N1CCN2CCCCC2C1. The number of piperazine rings is 1. The van der Waals surface area contributed by atoms with Gasteiger partial charge in [0.15, 0.2) is 0 Å². The van der Waals surface area contributed by atoms with Crippen LogP contribution in [0.5, 0.6) is 0 Å². The molecule has 2 aliphatic heterocycles. The minimum absolute atomic E-state index is 0.165. The molecule has 2 aliphatic rings. The largest absolute Gasteiger partial charge is 0.368 e. The van der Waals surface area contributed by atoms with E-state index in [-0.39, 0.29) is 6.04 Å². The van der Waals surface area contributed by atoms with Crippen LogP contribution in [0.1, 0.15) is 31.7 Å². The third-order valence-electron chi connectivity index (χ3n) is 4.76. The highest BCUT2D eigenvalue weighted by molar-refractivity contribution is 6.30. The standard InChI is InChI=1S/C17H26ClN3/c1-13(19)10-14-11-15(18)5-6-17(14)21-9-8-20-7-3-2-4-16(20)12-21/h5-6,11,13,16H,2-4,7-10,12,19H2,1H3. The molecule has 2 saturated heterocycles. The van der Waals surface area contributed by atoms with Gasteiger partial charge in [0.25, 0.3) is 0 Å². The van der Waals surface area contributed by atoms with Gasteiger partial charge in [0.05, 0.1) is 0 Å². The number of hydrogen-bond donors (Lipinski definition) is 1. The van der Waals surface area contributed by atoms with E-state index in [2.05, 4.69) is 28.9 Å². The molecule has 2 atom stereocenters. The zero-order valence-corrected chi connectivity index (χ0v) is 13.6. The Morgan fingerprint density at radius 3 is 2.95 bits per heavy atom. The van der Waals surface area contributed by atoms with Crippen molar-refractivity contribution in [1.29, 1.82) is 0 Å². The molecule has 21 heavy (non-hydrogen) atoms. The molecule has 0 amide bonds. The predicted octanol–water partition coefficient (Wildman–Crippen LogP) is 2.90. The number of rotatable bonds is 3. The van der Waals surface area contributed by atoms with E-state index in [1.807, 2.05) is 6.07 Å². The number of anilines is 1. The summed E-state index contributed by atoms with van der Waals surface area (Å²) >= 11 is 6.18. The summed E-state index contributed by atoms with van der Waals surface area (Å²) in [5, 5.41) is 0.811. The van der Waals surface area contributed by atoms with Crippen LogP contribution < -0.4 is 10.6 Å². The van der Waals surface area contributed by atoms with Crippen LogP contribution in [0.15, 0.2) is 18.2 Å². The van der Waals surface area contributed by atoms with Gasteiger partial charge in [0.2, 0.25) is 0 Å². The number of piperidine rings is 1. The summed E-state index contributed by atoms with van der Waals surface area (Å²) in [6.07, 6.45) is 4.98. The van der Waals surface area contributed by atoms with Crippen LogP contribution in [0.4, 0.5) is 5.69 Å². The van der Waals surface area contributed by atoms with E-state index in [1.54, 1.807) is 0 Å². The van der Waals surface area contributed by atoms with Crippen molar-refractivity contribution in [1.82, 2.24) is 4.90 Å². The Morgan fingerprint density at radius 1 is 1.29 bits per heavy atom. The van der Waals surface area contributed by atoms with Crippen LogP contribution in [-0.4, -0.2) is 43.2 Å². The summed E-state index contributed by atoms with van der Waals surface area (Å²) in [6, 6.07) is 7.17. The topological polar surface area (TPSA) is 32.5 Å². The van der Waals surface area contributed by atoms with E-state index in [0.29, 0.717) is 0 Å². The first kappa shape index (κ1) is 15.1. The van der Waals surface area contributed by atoms with Crippen LogP contribution in [0.25, 0.3) is 0 Å². The Balaban J connectivity index is 1.79. The van der Waals surface area contributed by atoms with Gasteiger partial charge < -0.3 is 10.6 Å². The van der Waals surface area contributed by atoms with E-state index in [4.69, 9.17) is 17.3 Å². The van der Waals surface area contributed by atoms with Crippen molar-refractivity contribution in [2.75, 3.05) is 31.1 Å². The quantitative estimate of drug-likeness (QED) is 0.932. The van der Waals surface area contributed by atoms with Crippen molar-refractivity contribution in [3.8, 4) is 0 Å². The molecule has 3 nitrogen and oxygen atoms in total. The van der Waals surface area contributed by atoms with Crippen LogP contribution >= 0.6 is 11.6 Å². The van der Waals surface area contributed by atoms with Crippen LogP contribution in [0, 0.1) is 0 Å². The third kappa shape index (κ3) is 3.53. The lowest BCUT2D eigenvalue weighted by atomic mass is 9.98. The molecule has 0 spiro atoms. The first-order valence-electron chi connectivity index (χ1n) is 8.16. The first-order valence-corrected chi connectivity index (χ1v) is 8.54. The molecule has 2 fully saturated rings. The molecule has 1 aromatic carbocycles. The molecule has 4 heteroatoms. The molecule has 2 N–H and O–H groups in total. The molecule has 2 heterocycles. The van der Waals surface area contributed by atoms with Crippen LogP contribution in [-0.2, 0) is 6.42 Å². The van der Waals surface area contributed by atoms with Gasteiger partial charge in [-0.25, -0.2) is 0 Å². The van der Waals surface area contributed by atoms with Crippen molar-refractivity contribution in [2.24, 2.45) is 5.73 Å². The minimum Gasteiger partial charge on any atom is -0.368 e. The Labute approximate surface area is 133 Å². The lowest BCUT2D eigenvalue weighted by Gasteiger charge is -2.45. The maximum atomic E-state index is 6.18. The zero-order chi connectivity index (χ0) is 14.8. The summed E-state index contributed by atoms with van der Waals surface area (Å²) < 4.78 is 0. The maximum Gasteiger partial charge on any atom is 0.0410 e. The normalized spacial score (nSPS) is 24.7. The second-order valence-electron chi connectivity index (χ2n) is 6.59. The number of halogens is 1. The molecular weight excluding hydrogens is 282 g/mol. The molecule has 0 bridgehead atoms. The van der Waals surface area contributed by atoms with Gasteiger partial charge in [-0.15, -0.1) is 0 Å². The van der Waals surface area contributed by atoms with E-state index >= 15 is 0 Å². The van der Waals surface area contributed by atoms with Gasteiger partial charge in [-0.1, -0.05) is 18.0 Å². The molecule has 1 aromatic rings. The van der Waals surface area contributed by atoms with Crippen LogP contribution in [0.2, 0.25) is 5.02 Å². The lowest BCUT2D eigenvalue weighted by molar-refractivity contribution is 0.133. The fourth-order valence-electron chi connectivity index (χ4n) is 3.75. The molecule has 0 saturated carbocycles. The van der Waals surface area contributed by atoms with Crippen molar-refractivity contribution in [3.05, 3.63) is 28.8 Å². The second kappa shape index (κ2) is 6.55. The number of hydrogen-bond acceptors (Lipinski definition) is 3. The summed E-state index contributed by atoms with van der Waals surface area (Å²) in [5.74, 6) is 0. The lowest BCUT2D eigenvalue weighted by Crippen LogP contribution is -2.55. The molecule has 0 aromatic heterocycles. The molecule has 0 radical (unpaired) electrons. The van der Waals surface area contributed by atoms with Crippen molar-refractivity contribution >= 4 is 17.3 Å². The van der Waals surface area contributed by atoms with Crippen LogP contribution in [0.3, 0.4) is 0 Å². The molecular formula is C17H26ClN3. The van der Waals surface area contributed by atoms with Gasteiger partial charge in [0, 0.05) is 42.4 Å². The van der Waals surface area contributed by atoms with E-state index in [1.165, 1.54) is 43.6 Å². The van der Waals surface area contributed by atoms with Crippen molar-refractivity contribution < 1.29 is 0 Å². The highest BCUT2D eigenvalue weighted by Gasteiger charge is 2.29. The first-order chi connectivity index (χ1) is 10.1. The monoisotopic (exact) mass is 307 g/mol. The Morgan fingerprint density at radius 2 is 2.14 bits per heavy atom. The minimum atomic E-state index is 0.165. The highest BCUT2D eigenvalue weighted by atomic mass is 35.5. The summed E-state index contributed by atoms with van der Waals surface area (Å²) in [6.45, 7) is 6.79. The Hall–Kier alpha value is -0.770. The van der Waals surface area contributed by atoms with Crippen molar-refractivity contribution in [2.45, 2.75) is 44.7 Å². The third-order valence-corrected chi connectivity index (χ3v) is 5.00. The number of benzene rings is 1. The highest BCUT2D eigenvalue weighted by Crippen LogP contribution is 2.29. The summed E-state index contributed by atoms with van der Waals surface area (Å²) in [5.41, 5.74) is 8.64. The smallest absolute Gasteiger partial charge is 0.0410 e. The molecule has 2 unspecified atom stereocenters. The molecule has 3 rings (SSSR count).